The average Bonchev–Trinajstić information content (AvgIpc) is 2.06. The highest BCUT2D eigenvalue weighted by Crippen LogP contribution is 2.30. The number of alkyl halides is 3. The molecule has 0 aromatic carbocycles. The van der Waals surface area contributed by atoms with Gasteiger partial charge < -0.3 is 9.67 Å². The smallest absolute Gasteiger partial charge is 0.418 e. The Kier molecular flexibility index (Phi) is 2.57. The van der Waals surface area contributed by atoms with Gasteiger partial charge in [-0.1, -0.05) is 0 Å². The molecule has 0 aliphatic heterocycles. The summed E-state index contributed by atoms with van der Waals surface area (Å²) in [5, 5.41) is 8.57. The molecule has 0 amide bonds. The van der Waals surface area contributed by atoms with Crippen LogP contribution in [0, 0.1) is 0 Å². The Morgan fingerprint density at radius 2 is 1.93 bits per heavy atom. The fourth-order valence-corrected chi connectivity index (χ4v) is 1.12. The first-order valence-electron chi connectivity index (χ1n) is 3.75. The van der Waals surface area contributed by atoms with Crippen LogP contribution < -0.4 is 5.56 Å². The maximum atomic E-state index is 12.3. The summed E-state index contributed by atoms with van der Waals surface area (Å²) < 4.78 is 37.5. The summed E-state index contributed by atoms with van der Waals surface area (Å²) in [4.78, 5) is 21.5. The van der Waals surface area contributed by atoms with E-state index in [9.17, 15) is 22.8 Å². The van der Waals surface area contributed by atoms with Crippen molar-refractivity contribution in [3.05, 3.63) is 33.7 Å². The van der Waals surface area contributed by atoms with Crippen molar-refractivity contribution in [3.63, 3.8) is 0 Å². The minimum atomic E-state index is -4.79. The number of aromatic carboxylic acids is 1. The van der Waals surface area contributed by atoms with Crippen LogP contribution in [-0.4, -0.2) is 15.6 Å². The maximum Gasteiger partial charge on any atom is 0.418 e. The van der Waals surface area contributed by atoms with E-state index in [-0.39, 0.29) is 0 Å². The molecule has 1 aromatic heterocycles. The van der Waals surface area contributed by atoms with Gasteiger partial charge in [-0.2, -0.15) is 13.2 Å². The maximum absolute atomic E-state index is 12.3. The zero-order chi connectivity index (χ0) is 11.8. The lowest BCUT2D eigenvalue weighted by atomic mass is 10.2. The van der Waals surface area contributed by atoms with E-state index < -0.39 is 29.0 Å². The van der Waals surface area contributed by atoms with Crippen LogP contribution in [0.15, 0.2) is 16.9 Å². The first-order chi connectivity index (χ1) is 6.75. The summed E-state index contributed by atoms with van der Waals surface area (Å²) >= 11 is 0. The Bertz CT molecular complexity index is 461. The van der Waals surface area contributed by atoms with E-state index >= 15 is 0 Å². The first-order valence-corrected chi connectivity index (χ1v) is 3.75. The number of carbonyl (C=O) groups is 1. The van der Waals surface area contributed by atoms with E-state index in [1.165, 1.54) is 0 Å². The second-order valence-corrected chi connectivity index (χ2v) is 2.80. The second-order valence-electron chi connectivity index (χ2n) is 2.80. The molecule has 1 N–H and O–H groups in total. The second kappa shape index (κ2) is 3.41. The van der Waals surface area contributed by atoms with Crippen LogP contribution in [0.25, 0.3) is 0 Å². The van der Waals surface area contributed by atoms with E-state index in [0.29, 0.717) is 16.7 Å². The number of halogens is 3. The van der Waals surface area contributed by atoms with Crippen LogP contribution in [0.2, 0.25) is 0 Å². The number of hydrogen-bond donors (Lipinski definition) is 1. The number of rotatable bonds is 1. The summed E-state index contributed by atoms with van der Waals surface area (Å²) in [6.07, 6.45) is -4.79. The van der Waals surface area contributed by atoms with Gasteiger partial charge in [-0.15, -0.1) is 0 Å². The number of hydrogen-bond acceptors (Lipinski definition) is 2. The average molecular weight is 221 g/mol. The molecular formula is C8H6F3NO3. The Morgan fingerprint density at radius 3 is 2.33 bits per heavy atom. The minimum absolute atomic E-state index is 0.450. The van der Waals surface area contributed by atoms with Gasteiger partial charge in [0.25, 0.3) is 5.56 Å². The molecule has 0 fully saturated rings. The third-order valence-corrected chi connectivity index (χ3v) is 1.82. The Labute approximate surface area is 81.6 Å². The molecule has 0 saturated heterocycles. The van der Waals surface area contributed by atoms with Gasteiger partial charge in [-0.3, -0.25) is 4.79 Å². The molecule has 4 nitrogen and oxygen atoms in total. The lowest BCUT2D eigenvalue weighted by Gasteiger charge is -2.12. The molecule has 0 saturated carbocycles. The summed E-state index contributed by atoms with van der Waals surface area (Å²) in [5.41, 5.74) is -3.20. The molecule has 1 heterocycles. The SMILES string of the molecule is Cn1c(C(=O)O)c(C(F)(F)F)ccc1=O. The normalized spacial score (nSPS) is 11.5. The van der Waals surface area contributed by atoms with Crippen LogP contribution in [0.5, 0.6) is 0 Å². The molecular weight excluding hydrogens is 215 g/mol. The summed E-state index contributed by atoms with van der Waals surface area (Å²) in [5.74, 6) is -1.79. The molecule has 0 bridgehead atoms. The largest absolute Gasteiger partial charge is 0.477 e. The van der Waals surface area contributed by atoms with Gasteiger partial charge in [-0.25, -0.2) is 4.79 Å². The summed E-state index contributed by atoms with van der Waals surface area (Å²) in [7, 11) is 0.973. The molecule has 0 unspecified atom stereocenters. The van der Waals surface area contributed by atoms with Gasteiger partial charge in [0.15, 0.2) is 0 Å². The highest BCUT2D eigenvalue weighted by molar-refractivity contribution is 5.87. The molecule has 0 aliphatic rings. The Balaban J connectivity index is 3.62. The molecule has 0 atom stereocenters. The Morgan fingerprint density at radius 1 is 1.40 bits per heavy atom. The Hall–Kier alpha value is -1.79. The fourth-order valence-electron chi connectivity index (χ4n) is 1.12. The molecule has 15 heavy (non-hydrogen) atoms. The number of carboxylic acids is 1. The summed E-state index contributed by atoms with van der Waals surface area (Å²) in [6, 6.07) is 1.14. The highest BCUT2D eigenvalue weighted by atomic mass is 19.4. The first kappa shape index (κ1) is 11.3. The van der Waals surface area contributed by atoms with Crippen molar-refractivity contribution < 1.29 is 23.1 Å². The van der Waals surface area contributed by atoms with Crippen molar-refractivity contribution in [2.24, 2.45) is 7.05 Å². The lowest BCUT2D eigenvalue weighted by molar-refractivity contribution is -0.138. The van der Waals surface area contributed by atoms with E-state index in [1.807, 2.05) is 0 Å². The van der Waals surface area contributed by atoms with Gasteiger partial charge in [0, 0.05) is 13.1 Å². The lowest BCUT2D eigenvalue weighted by Crippen LogP contribution is -2.27. The van der Waals surface area contributed by atoms with E-state index in [0.717, 1.165) is 7.05 Å². The topological polar surface area (TPSA) is 59.3 Å². The molecule has 0 radical (unpaired) electrons. The number of carboxylic acid groups (broad SMARTS) is 1. The van der Waals surface area contributed by atoms with Gasteiger partial charge in [0.1, 0.15) is 5.69 Å². The predicted molar refractivity (Wildman–Crippen MR) is 43.6 cm³/mol. The van der Waals surface area contributed by atoms with Crippen molar-refractivity contribution in [1.82, 2.24) is 4.57 Å². The van der Waals surface area contributed by atoms with Gasteiger partial charge in [0.05, 0.1) is 5.56 Å². The van der Waals surface area contributed by atoms with Crippen LogP contribution in [0.1, 0.15) is 16.1 Å². The fraction of sp³-hybridized carbons (Fsp3) is 0.250. The van der Waals surface area contributed by atoms with Crippen molar-refractivity contribution >= 4 is 5.97 Å². The highest BCUT2D eigenvalue weighted by Gasteiger charge is 2.36. The van der Waals surface area contributed by atoms with Crippen LogP contribution >= 0.6 is 0 Å². The minimum Gasteiger partial charge on any atom is -0.477 e. The molecule has 0 spiro atoms. The van der Waals surface area contributed by atoms with Crippen LogP contribution in [0.4, 0.5) is 13.2 Å². The van der Waals surface area contributed by atoms with Gasteiger partial charge >= 0.3 is 12.1 Å². The van der Waals surface area contributed by atoms with Gasteiger partial charge in [0.2, 0.25) is 0 Å². The van der Waals surface area contributed by atoms with Crippen molar-refractivity contribution in [1.29, 1.82) is 0 Å². The zero-order valence-corrected chi connectivity index (χ0v) is 7.50. The van der Waals surface area contributed by atoms with Crippen molar-refractivity contribution in [3.8, 4) is 0 Å². The molecule has 1 rings (SSSR count). The quantitative estimate of drug-likeness (QED) is 0.772. The predicted octanol–water partition coefficient (Wildman–Crippen LogP) is 1.10. The number of nitrogens with zero attached hydrogens (tertiary/aromatic N) is 1. The zero-order valence-electron chi connectivity index (χ0n) is 7.50. The molecule has 0 aliphatic carbocycles. The monoisotopic (exact) mass is 221 g/mol. The molecule has 7 heteroatoms. The standard InChI is InChI=1S/C8H6F3NO3/c1-12-5(13)3-2-4(8(9,10)11)6(12)7(14)15/h2-3H,1H3,(H,14,15). The molecule has 1 aromatic rings. The third-order valence-electron chi connectivity index (χ3n) is 1.82. The third kappa shape index (κ3) is 2.00. The van der Waals surface area contributed by atoms with Crippen molar-refractivity contribution in [2.45, 2.75) is 6.18 Å². The van der Waals surface area contributed by atoms with E-state index in [4.69, 9.17) is 5.11 Å². The van der Waals surface area contributed by atoms with Crippen molar-refractivity contribution in [2.75, 3.05) is 0 Å². The van der Waals surface area contributed by atoms with E-state index in [2.05, 4.69) is 0 Å². The number of aromatic nitrogens is 1. The molecule has 82 valence electrons. The van der Waals surface area contributed by atoms with E-state index in [1.54, 1.807) is 0 Å². The number of pyridine rings is 1. The van der Waals surface area contributed by atoms with Crippen LogP contribution in [-0.2, 0) is 13.2 Å². The van der Waals surface area contributed by atoms with Gasteiger partial charge in [-0.05, 0) is 6.07 Å². The van der Waals surface area contributed by atoms with Crippen LogP contribution in [0.3, 0.4) is 0 Å². The summed E-state index contributed by atoms with van der Waals surface area (Å²) in [6.45, 7) is 0.